The van der Waals surface area contributed by atoms with E-state index in [2.05, 4.69) is 10.1 Å². The minimum Gasteiger partial charge on any atom is -0.497 e. The molecule has 3 rings (SSSR count). The Morgan fingerprint density at radius 3 is 2.45 bits per heavy atom. The van der Waals surface area contributed by atoms with E-state index >= 15 is 0 Å². The van der Waals surface area contributed by atoms with E-state index in [4.69, 9.17) is 9.26 Å². The zero-order valence-corrected chi connectivity index (χ0v) is 11.3. The minimum absolute atomic E-state index is 0.505. The molecule has 0 bridgehead atoms. The highest BCUT2D eigenvalue weighted by Gasteiger charge is 2.11. The third kappa shape index (κ3) is 2.28. The van der Waals surface area contributed by atoms with Crippen molar-refractivity contribution in [2.75, 3.05) is 7.11 Å². The summed E-state index contributed by atoms with van der Waals surface area (Å²) in [4.78, 5) is 4.45. The van der Waals surface area contributed by atoms with Crippen LogP contribution in [-0.4, -0.2) is 17.3 Å². The topological polar surface area (TPSA) is 48.2 Å². The van der Waals surface area contributed by atoms with Crippen molar-refractivity contribution in [3.8, 4) is 28.6 Å². The summed E-state index contributed by atoms with van der Waals surface area (Å²) >= 11 is 0. The van der Waals surface area contributed by atoms with Crippen LogP contribution in [0.2, 0.25) is 0 Å². The summed E-state index contributed by atoms with van der Waals surface area (Å²) in [6.45, 7) is 2.03. The number of nitrogens with zero attached hydrogens (tertiary/aromatic N) is 2. The SMILES string of the molecule is COc1ccc(-c2nc(-c3ccccc3C)no2)cc1. The Morgan fingerprint density at radius 2 is 1.75 bits per heavy atom. The Hall–Kier alpha value is -2.62. The van der Waals surface area contributed by atoms with Gasteiger partial charge in [-0.3, -0.25) is 0 Å². The second kappa shape index (κ2) is 5.17. The second-order valence-electron chi connectivity index (χ2n) is 4.47. The molecule has 1 aromatic heterocycles. The lowest BCUT2D eigenvalue weighted by molar-refractivity contribution is 0.414. The van der Waals surface area contributed by atoms with Gasteiger partial charge in [0.2, 0.25) is 5.82 Å². The zero-order valence-electron chi connectivity index (χ0n) is 11.3. The van der Waals surface area contributed by atoms with Gasteiger partial charge >= 0.3 is 0 Å². The number of hydrogen-bond donors (Lipinski definition) is 0. The monoisotopic (exact) mass is 266 g/mol. The number of hydrogen-bond acceptors (Lipinski definition) is 4. The van der Waals surface area contributed by atoms with E-state index in [0.29, 0.717) is 11.7 Å². The second-order valence-corrected chi connectivity index (χ2v) is 4.47. The van der Waals surface area contributed by atoms with Crippen LogP contribution in [0.15, 0.2) is 53.1 Å². The number of methoxy groups -OCH3 is 1. The summed E-state index contributed by atoms with van der Waals surface area (Å²) in [5, 5.41) is 4.05. The van der Waals surface area contributed by atoms with E-state index in [0.717, 1.165) is 22.4 Å². The number of benzene rings is 2. The van der Waals surface area contributed by atoms with Crippen molar-refractivity contribution in [3.05, 3.63) is 54.1 Å². The lowest BCUT2D eigenvalue weighted by Crippen LogP contribution is -1.85. The molecule has 0 saturated carbocycles. The predicted molar refractivity (Wildman–Crippen MR) is 76.5 cm³/mol. The van der Waals surface area contributed by atoms with Crippen LogP contribution in [-0.2, 0) is 0 Å². The van der Waals surface area contributed by atoms with Gasteiger partial charge < -0.3 is 9.26 Å². The standard InChI is InChI=1S/C16H14N2O2/c1-11-5-3-4-6-14(11)15-17-16(20-18-15)12-7-9-13(19-2)10-8-12/h3-10H,1-2H3. The third-order valence-corrected chi connectivity index (χ3v) is 3.15. The van der Waals surface area contributed by atoms with Gasteiger partial charge in [-0.15, -0.1) is 0 Å². The molecule has 0 amide bonds. The van der Waals surface area contributed by atoms with Crippen LogP contribution < -0.4 is 4.74 Å². The first-order valence-electron chi connectivity index (χ1n) is 6.32. The maximum atomic E-state index is 5.33. The maximum Gasteiger partial charge on any atom is 0.258 e. The first-order valence-corrected chi connectivity index (χ1v) is 6.32. The summed E-state index contributed by atoms with van der Waals surface area (Å²) in [5.74, 6) is 1.91. The number of aromatic nitrogens is 2. The molecule has 0 spiro atoms. The molecule has 4 nitrogen and oxygen atoms in total. The zero-order chi connectivity index (χ0) is 13.9. The average molecular weight is 266 g/mol. The molecule has 2 aromatic carbocycles. The van der Waals surface area contributed by atoms with E-state index in [-0.39, 0.29) is 0 Å². The lowest BCUT2D eigenvalue weighted by atomic mass is 10.1. The Balaban J connectivity index is 1.95. The van der Waals surface area contributed by atoms with Gasteiger partial charge in [0, 0.05) is 11.1 Å². The van der Waals surface area contributed by atoms with Gasteiger partial charge in [0.25, 0.3) is 5.89 Å². The highest BCUT2D eigenvalue weighted by atomic mass is 16.5. The molecule has 0 saturated heterocycles. The molecule has 0 atom stereocenters. The predicted octanol–water partition coefficient (Wildman–Crippen LogP) is 3.72. The van der Waals surface area contributed by atoms with Gasteiger partial charge in [-0.2, -0.15) is 4.98 Å². The average Bonchev–Trinajstić information content (AvgIpc) is 2.97. The third-order valence-electron chi connectivity index (χ3n) is 3.15. The fraction of sp³-hybridized carbons (Fsp3) is 0.125. The van der Waals surface area contributed by atoms with Gasteiger partial charge in [-0.05, 0) is 36.8 Å². The molecule has 0 aliphatic rings. The molecule has 0 N–H and O–H groups in total. The van der Waals surface area contributed by atoms with Crippen LogP contribution in [0.4, 0.5) is 0 Å². The van der Waals surface area contributed by atoms with Crippen molar-refractivity contribution in [2.24, 2.45) is 0 Å². The summed E-state index contributed by atoms with van der Waals surface area (Å²) in [5.41, 5.74) is 2.98. The number of ether oxygens (including phenoxy) is 1. The van der Waals surface area contributed by atoms with Crippen LogP contribution in [0.5, 0.6) is 5.75 Å². The van der Waals surface area contributed by atoms with Crippen molar-refractivity contribution in [1.82, 2.24) is 10.1 Å². The molecule has 20 heavy (non-hydrogen) atoms. The van der Waals surface area contributed by atoms with Gasteiger partial charge in [0.05, 0.1) is 7.11 Å². The van der Waals surface area contributed by atoms with E-state index in [9.17, 15) is 0 Å². The summed E-state index contributed by atoms with van der Waals surface area (Å²) in [6.07, 6.45) is 0. The van der Waals surface area contributed by atoms with E-state index < -0.39 is 0 Å². The fourth-order valence-corrected chi connectivity index (χ4v) is 2.01. The van der Waals surface area contributed by atoms with E-state index in [1.807, 2.05) is 55.5 Å². The Labute approximate surface area is 117 Å². The van der Waals surface area contributed by atoms with Crippen molar-refractivity contribution in [1.29, 1.82) is 0 Å². The maximum absolute atomic E-state index is 5.33. The Morgan fingerprint density at radius 1 is 1.00 bits per heavy atom. The van der Waals surface area contributed by atoms with Gasteiger partial charge in [-0.1, -0.05) is 29.4 Å². The highest BCUT2D eigenvalue weighted by Crippen LogP contribution is 2.25. The molecule has 0 radical (unpaired) electrons. The quantitative estimate of drug-likeness (QED) is 0.725. The molecule has 0 unspecified atom stereocenters. The molecule has 0 aliphatic carbocycles. The Kier molecular flexibility index (Phi) is 3.21. The molecular weight excluding hydrogens is 252 g/mol. The molecule has 4 heteroatoms. The van der Waals surface area contributed by atoms with Gasteiger partial charge in [0.15, 0.2) is 0 Å². The van der Waals surface area contributed by atoms with Crippen molar-refractivity contribution >= 4 is 0 Å². The molecular formula is C16H14N2O2. The number of rotatable bonds is 3. The molecule has 1 heterocycles. The first-order chi connectivity index (χ1) is 9.78. The summed E-state index contributed by atoms with van der Waals surface area (Å²) in [6, 6.07) is 15.5. The lowest BCUT2D eigenvalue weighted by Gasteiger charge is -1.99. The van der Waals surface area contributed by atoms with Crippen LogP contribution in [0.1, 0.15) is 5.56 Å². The minimum atomic E-state index is 0.505. The molecule has 0 aliphatic heterocycles. The smallest absolute Gasteiger partial charge is 0.258 e. The van der Waals surface area contributed by atoms with Gasteiger partial charge in [0.1, 0.15) is 5.75 Å². The van der Waals surface area contributed by atoms with E-state index in [1.54, 1.807) is 7.11 Å². The molecule has 0 fully saturated rings. The molecule has 3 aromatic rings. The van der Waals surface area contributed by atoms with E-state index in [1.165, 1.54) is 0 Å². The van der Waals surface area contributed by atoms with Crippen LogP contribution in [0.25, 0.3) is 22.8 Å². The van der Waals surface area contributed by atoms with Crippen LogP contribution in [0, 0.1) is 6.92 Å². The molecule has 100 valence electrons. The normalized spacial score (nSPS) is 10.5. The van der Waals surface area contributed by atoms with Crippen LogP contribution >= 0.6 is 0 Å². The van der Waals surface area contributed by atoms with Crippen molar-refractivity contribution in [3.63, 3.8) is 0 Å². The number of aryl methyl sites for hydroxylation is 1. The first kappa shape index (κ1) is 12.4. The van der Waals surface area contributed by atoms with Crippen molar-refractivity contribution in [2.45, 2.75) is 6.92 Å². The van der Waals surface area contributed by atoms with Crippen molar-refractivity contribution < 1.29 is 9.26 Å². The summed E-state index contributed by atoms with van der Waals surface area (Å²) in [7, 11) is 1.64. The van der Waals surface area contributed by atoms with Gasteiger partial charge in [-0.25, -0.2) is 0 Å². The fourth-order valence-electron chi connectivity index (χ4n) is 2.01. The summed E-state index contributed by atoms with van der Waals surface area (Å²) < 4.78 is 10.5. The Bertz CT molecular complexity index is 717. The largest absolute Gasteiger partial charge is 0.497 e. The highest BCUT2D eigenvalue weighted by molar-refractivity contribution is 5.62. The van der Waals surface area contributed by atoms with Crippen LogP contribution in [0.3, 0.4) is 0 Å².